The number of amides is 4. The van der Waals surface area contributed by atoms with Gasteiger partial charge in [0.25, 0.3) is 0 Å². The molecule has 0 rings (SSSR count). The maximum atomic E-state index is 12.5. The molecule has 338 valence electrons. The SMILES string of the molecule is CNC(CCCCNC(=O)CCC(NC(=O)CCC(NC(=O)CCC(NC(=O)CCCCCCCCCCCCCCCCC(=O)O)C(=O)O)C(=O)O)C(=O)O)C(C)=O. The molecule has 0 heterocycles. The van der Waals surface area contributed by atoms with Gasteiger partial charge in [-0.05, 0) is 65.3 Å². The lowest BCUT2D eigenvalue weighted by molar-refractivity contribution is -0.144. The van der Waals surface area contributed by atoms with Gasteiger partial charge >= 0.3 is 23.9 Å². The largest absolute Gasteiger partial charge is 0.481 e. The fourth-order valence-corrected chi connectivity index (χ4v) is 6.42. The summed E-state index contributed by atoms with van der Waals surface area (Å²) in [7, 11) is 1.69. The molecule has 4 unspecified atom stereocenters. The second-order valence-electron chi connectivity index (χ2n) is 15.1. The van der Waals surface area contributed by atoms with Crippen molar-refractivity contribution in [1.29, 1.82) is 0 Å². The van der Waals surface area contributed by atoms with Crippen molar-refractivity contribution in [3.05, 3.63) is 0 Å². The molecule has 59 heavy (non-hydrogen) atoms. The standard InChI is InChI=1S/C41H71N5O13/c1-29(47)30(42-2)19-17-18-28-43-34(48)25-22-31(39(54)55)45-36(50)27-24-33(41(58)59)46-37(51)26-23-32(40(56)57)44-35(49)20-15-13-11-9-7-5-3-4-6-8-10-12-14-16-21-38(52)53/h30-33,42H,3-28H2,1-2H3,(H,43,48)(H,44,49)(H,45,50)(H,46,51)(H,52,53)(H,54,55)(H,56,57)(H,58,59). The predicted octanol–water partition coefficient (Wildman–Crippen LogP) is 3.82. The van der Waals surface area contributed by atoms with E-state index < -0.39 is 84.9 Å². The van der Waals surface area contributed by atoms with E-state index >= 15 is 0 Å². The number of ketones is 1. The van der Waals surface area contributed by atoms with Gasteiger partial charge in [0.1, 0.15) is 23.9 Å². The lowest BCUT2D eigenvalue weighted by Crippen LogP contribution is -2.45. The van der Waals surface area contributed by atoms with Crippen molar-refractivity contribution in [2.75, 3.05) is 13.6 Å². The Morgan fingerprint density at radius 1 is 0.390 bits per heavy atom. The van der Waals surface area contributed by atoms with Gasteiger partial charge in [-0.2, -0.15) is 0 Å². The van der Waals surface area contributed by atoms with E-state index in [2.05, 4.69) is 26.6 Å². The van der Waals surface area contributed by atoms with Gasteiger partial charge in [0, 0.05) is 38.6 Å². The molecule has 0 radical (unpaired) electrons. The maximum absolute atomic E-state index is 12.5. The molecule has 0 spiro atoms. The number of aliphatic carboxylic acids is 4. The third kappa shape index (κ3) is 31.0. The Hall–Kier alpha value is -4.61. The summed E-state index contributed by atoms with van der Waals surface area (Å²) < 4.78 is 0. The topological polar surface area (TPSA) is 295 Å². The van der Waals surface area contributed by atoms with Gasteiger partial charge in [0.15, 0.2) is 0 Å². The van der Waals surface area contributed by atoms with Crippen molar-refractivity contribution in [3.8, 4) is 0 Å². The van der Waals surface area contributed by atoms with Crippen molar-refractivity contribution in [2.45, 2.75) is 192 Å². The highest BCUT2D eigenvalue weighted by molar-refractivity contribution is 5.87. The summed E-state index contributed by atoms with van der Waals surface area (Å²) >= 11 is 0. The van der Waals surface area contributed by atoms with E-state index in [0.717, 1.165) is 57.8 Å². The highest BCUT2D eigenvalue weighted by Gasteiger charge is 2.26. The molecule has 0 saturated heterocycles. The van der Waals surface area contributed by atoms with Crippen LogP contribution in [0.15, 0.2) is 0 Å². The van der Waals surface area contributed by atoms with Gasteiger partial charge in [-0.1, -0.05) is 77.0 Å². The number of carboxylic acid groups (broad SMARTS) is 4. The summed E-state index contributed by atoms with van der Waals surface area (Å²) in [5.74, 6) is -7.41. The number of carboxylic acids is 4. The van der Waals surface area contributed by atoms with E-state index in [0.29, 0.717) is 32.2 Å². The maximum Gasteiger partial charge on any atom is 0.326 e. The molecule has 0 aliphatic carbocycles. The second kappa shape index (κ2) is 34.3. The first kappa shape index (κ1) is 54.4. The van der Waals surface area contributed by atoms with E-state index in [-0.39, 0.29) is 43.9 Å². The zero-order valence-electron chi connectivity index (χ0n) is 35.2. The summed E-state index contributed by atoms with van der Waals surface area (Å²) in [5.41, 5.74) is 0. The lowest BCUT2D eigenvalue weighted by Gasteiger charge is -2.18. The van der Waals surface area contributed by atoms with Crippen LogP contribution in [0.3, 0.4) is 0 Å². The number of carbonyl (C=O) groups excluding carboxylic acids is 5. The van der Waals surface area contributed by atoms with E-state index in [1.54, 1.807) is 7.05 Å². The second-order valence-corrected chi connectivity index (χ2v) is 15.1. The molecule has 18 heteroatoms. The number of hydrogen-bond donors (Lipinski definition) is 9. The van der Waals surface area contributed by atoms with Crippen LogP contribution < -0.4 is 26.6 Å². The van der Waals surface area contributed by atoms with Gasteiger partial charge in [-0.3, -0.25) is 28.8 Å². The Bertz CT molecular complexity index is 1310. The number of rotatable bonds is 39. The van der Waals surface area contributed by atoms with Gasteiger partial charge in [0.05, 0.1) is 6.04 Å². The Labute approximate surface area is 348 Å². The number of likely N-dealkylation sites (N-methyl/N-ethyl adjacent to an activating group) is 1. The molecule has 4 amide bonds. The molecule has 0 fully saturated rings. The van der Waals surface area contributed by atoms with Crippen LogP contribution in [0.2, 0.25) is 0 Å². The fraction of sp³-hybridized carbons (Fsp3) is 0.780. The number of Topliss-reactive ketones (excluding diaryl/α,β-unsaturated/α-hetero) is 1. The molecule has 0 aromatic rings. The van der Waals surface area contributed by atoms with Crippen LogP contribution in [-0.2, 0) is 43.2 Å². The van der Waals surface area contributed by atoms with E-state index in [1.165, 1.54) is 32.6 Å². The molecular weight excluding hydrogens is 770 g/mol. The van der Waals surface area contributed by atoms with E-state index in [4.69, 9.17) is 5.11 Å². The average molecular weight is 842 g/mol. The first-order valence-electron chi connectivity index (χ1n) is 21.3. The van der Waals surface area contributed by atoms with Crippen molar-refractivity contribution in [1.82, 2.24) is 26.6 Å². The molecule has 4 atom stereocenters. The first-order valence-corrected chi connectivity index (χ1v) is 21.3. The van der Waals surface area contributed by atoms with Crippen LogP contribution in [0.25, 0.3) is 0 Å². The predicted molar refractivity (Wildman–Crippen MR) is 218 cm³/mol. The summed E-state index contributed by atoms with van der Waals surface area (Å²) in [6, 6.07) is -4.57. The Kier molecular flexibility index (Phi) is 31.6. The normalized spacial score (nSPS) is 13.0. The van der Waals surface area contributed by atoms with E-state index in [9.17, 15) is 58.5 Å². The number of unbranched alkanes of at least 4 members (excludes halogenated alkanes) is 14. The highest BCUT2D eigenvalue weighted by Crippen LogP contribution is 2.14. The molecular formula is C41H71N5O13. The van der Waals surface area contributed by atoms with Crippen LogP contribution in [0.5, 0.6) is 0 Å². The zero-order chi connectivity index (χ0) is 44.4. The number of nitrogens with one attached hydrogen (secondary N) is 5. The molecule has 0 saturated carbocycles. The van der Waals surface area contributed by atoms with Crippen LogP contribution in [0.4, 0.5) is 0 Å². The van der Waals surface area contributed by atoms with Gasteiger partial charge in [0.2, 0.25) is 23.6 Å². The number of carbonyl (C=O) groups is 9. The Morgan fingerprint density at radius 2 is 0.729 bits per heavy atom. The van der Waals surface area contributed by atoms with Crippen LogP contribution in [-0.4, -0.2) is 111 Å². The van der Waals surface area contributed by atoms with Gasteiger partial charge in [-0.25, -0.2) is 14.4 Å². The minimum absolute atomic E-state index is 0.0185. The molecule has 0 aromatic carbocycles. The molecule has 0 aromatic heterocycles. The minimum atomic E-state index is -1.53. The Balaban J connectivity index is 4.37. The monoisotopic (exact) mass is 842 g/mol. The van der Waals surface area contributed by atoms with Crippen LogP contribution in [0.1, 0.15) is 167 Å². The zero-order valence-corrected chi connectivity index (χ0v) is 35.2. The van der Waals surface area contributed by atoms with Crippen molar-refractivity contribution >= 4 is 53.3 Å². The molecule has 0 aliphatic rings. The summed E-state index contributed by atoms with van der Waals surface area (Å²) in [6.45, 7) is 1.82. The summed E-state index contributed by atoms with van der Waals surface area (Å²) in [5, 5.41) is 49.8. The lowest BCUT2D eigenvalue weighted by atomic mass is 10.0. The third-order valence-electron chi connectivity index (χ3n) is 10.0. The summed E-state index contributed by atoms with van der Waals surface area (Å²) in [4.78, 5) is 107. The van der Waals surface area contributed by atoms with Crippen molar-refractivity contribution in [3.63, 3.8) is 0 Å². The molecule has 0 bridgehead atoms. The highest BCUT2D eigenvalue weighted by atomic mass is 16.4. The first-order chi connectivity index (χ1) is 28.1. The van der Waals surface area contributed by atoms with Gasteiger partial charge < -0.3 is 47.0 Å². The number of hydrogen-bond acceptors (Lipinski definition) is 10. The Morgan fingerprint density at radius 3 is 1.07 bits per heavy atom. The van der Waals surface area contributed by atoms with Crippen molar-refractivity contribution in [2.24, 2.45) is 0 Å². The van der Waals surface area contributed by atoms with Crippen LogP contribution >= 0.6 is 0 Å². The van der Waals surface area contributed by atoms with E-state index in [1.807, 2.05) is 0 Å². The minimum Gasteiger partial charge on any atom is -0.481 e. The van der Waals surface area contributed by atoms with Crippen LogP contribution in [0, 0.1) is 0 Å². The molecule has 18 nitrogen and oxygen atoms in total. The smallest absolute Gasteiger partial charge is 0.326 e. The average Bonchev–Trinajstić information content (AvgIpc) is 3.17. The van der Waals surface area contributed by atoms with Crippen molar-refractivity contribution < 1.29 is 63.6 Å². The molecule has 0 aliphatic heterocycles. The quantitative estimate of drug-likeness (QED) is 0.0398. The fourth-order valence-electron chi connectivity index (χ4n) is 6.42. The third-order valence-corrected chi connectivity index (χ3v) is 10.0. The van der Waals surface area contributed by atoms with Gasteiger partial charge in [-0.15, -0.1) is 0 Å². The summed E-state index contributed by atoms with van der Waals surface area (Å²) in [6.07, 6.45) is 14.7. The molecule has 9 N–H and O–H groups in total.